The highest BCUT2D eigenvalue weighted by Crippen LogP contribution is 2.30. The Morgan fingerprint density at radius 3 is 2.65 bits per heavy atom. The van der Waals surface area contributed by atoms with Gasteiger partial charge in [0.1, 0.15) is 0 Å². The Morgan fingerprint density at radius 2 is 1.90 bits per heavy atom. The normalized spacial score (nSPS) is 21.1. The van der Waals surface area contributed by atoms with Crippen LogP contribution in [0.15, 0.2) is 57.7 Å². The molecular formula is C16H14ClNO2. The van der Waals surface area contributed by atoms with Gasteiger partial charge in [0.15, 0.2) is 5.70 Å². The zero-order chi connectivity index (χ0) is 13.9. The molecule has 0 N–H and O–H groups in total. The van der Waals surface area contributed by atoms with Crippen molar-refractivity contribution in [2.45, 2.75) is 25.7 Å². The predicted molar refractivity (Wildman–Crippen MR) is 78.5 cm³/mol. The van der Waals surface area contributed by atoms with Crippen molar-refractivity contribution < 1.29 is 9.53 Å². The van der Waals surface area contributed by atoms with Gasteiger partial charge in [-0.15, -0.1) is 0 Å². The predicted octanol–water partition coefficient (Wildman–Crippen LogP) is 3.94. The van der Waals surface area contributed by atoms with Crippen LogP contribution in [0.4, 0.5) is 0 Å². The number of rotatable bonds is 2. The van der Waals surface area contributed by atoms with E-state index in [1.165, 1.54) is 0 Å². The van der Waals surface area contributed by atoms with Crippen LogP contribution in [-0.4, -0.2) is 11.9 Å². The highest BCUT2D eigenvalue weighted by molar-refractivity contribution is 6.30. The van der Waals surface area contributed by atoms with E-state index in [9.17, 15) is 4.79 Å². The first-order valence-corrected chi connectivity index (χ1v) is 7.07. The van der Waals surface area contributed by atoms with Gasteiger partial charge in [0.05, 0.1) is 0 Å². The van der Waals surface area contributed by atoms with Gasteiger partial charge in [-0.2, -0.15) is 0 Å². The first-order valence-electron chi connectivity index (χ1n) is 6.69. The molecule has 20 heavy (non-hydrogen) atoms. The lowest BCUT2D eigenvalue weighted by Gasteiger charge is -2.12. The van der Waals surface area contributed by atoms with Gasteiger partial charge in [-0.25, -0.2) is 9.79 Å². The fraction of sp³-hybridized carbons (Fsp3) is 0.250. The summed E-state index contributed by atoms with van der Waals surface area (Å²) >= 11 is 6.20. The Kier molecular flexibility index (Phi) is 3.70. The maximum absolute atomic E-state index is 11.9. The number of carbonyl (C=O) groups excluding carboxylic acids is 1. The molecule has 1 aliphatic carbocycles. The molecule has 1 aromatic carbocycles. The third-order valence-electron chi connectivity index (χ3n) is 3.39. The molecule has 3 nitrogen and oxygen atoms in total. The molecule has 3 rings (SSSR count). The zero-order valence-corrected chi connectivity index (χ0v) is 11.7. The zero-order valence-electron chi connectivity index (χ0n) is 10.9. The van der Waals surface area contributed by atoms with E-state index in [1.807, 2.05) is 30.3 Å². The van der Waals surface area contributed by atoms with E-state index in [-0.39, 0.29) is 0 Å². The van der Waals surface area contributed by atoms with Gasteiger partial charge in [0.2, 0.25) is 5.90 Å². The van der Waals surface area contributed by atoms with E-state index < -0.39 is 5.97 Å². The van der Waals surface area contributed by atoms with Crippen LogP contribution in [0.1, 0.15) is 31.2 Å². The van der Waals surface area contributed by atoms with Crippen LogP contribution in [0, 0.1) is 0 Å². The van der Waals surface area contributed by atoms with Crippen LogP contribution in [-0.2, 0) is 9.53 Å². The van der Waals surface area contributed by atoms with E-state index in [2.05, 4.69) is 4.99 Å². The maximum Gasteiger partial charge on any atom is 0.363 e. The van der Waals surface area contributed by atoms with Crippen LogP contribution in [0.5, 0.6) is 0 Å². The minimum absolute atomic E-state index is 0.332. The Morgan fingerprint density at radius 1 is 1.15 bits per heavy atom. The molecule has 0 saturated carbocycles. The molecule has 0 amide bonds. The van der Waals surface area contributed by atoms with E-state index in [0.29, 0.717) is 11.6 Å². The third kappa shape index (κ3) is 2.68. The number of hydrogen-bond donors (Lipinski definition) is 0. The molecule has 1 aliphatic heterocycles. The van der Waals surface area contributed by atoms with Crippen molar-refractivity contribution in [1.82, 2.24) is 0 Å². The number of hydrogen-bond acceptors (Lipinski definition) is 3. The quantitative estimate of drug-likeness (QED) is 0.610. The number of cyclic esters (lactones) is 1. The lowest BCUT2D eigenvalue weighted by Crippen LogP contribution is -2.05. The summed E-state index contributed by atoms with van der Waals surface area (Å²) in [4.78, 5) is 16.1. The number of allylic oxidation sites excluding steroid dienone is 3. The highest BCUT2D eigenvalue weighted by Gasteiger charge is 2.24. The number of nitrogens with zero attached hydrogens (tertiary/aromatic N) is 1. The fourth-order valence-electron chi connectivity index (χ4n) is 2.32. The summed E-state index contributed by atoms with van der Waals surface area (Å²) in [5.41, 5.74) is 2.13. The largest absolute Gasteiger partial charge is 0.402 e. The van der Waals surface area contributed by atoms with Gasteiger partial charge in [0.25, 0.3) is 0 Å². The van der Waals surface area contributed by atoms with Crippen LogP contribution < -0.4 is 0 Å². The topological polar surface area (TPSA) is 38.7 Å². The molecule has 1 heterocycles. The van der Waals surface area contributed by atoms with E-state index in [4.69, 9.17) is 16.3 Å². The van der Waals surface area contributed by atoms with E-state index in [0.717, 1.165) is 41.9 Å². The number of ether oxygens (including phenoxy) is 1. The summed E-state index contributed by atoms with van der Waals surface area (Å²) in [6.45, 7) is 0. The van der Waals surface area contributed by atoms with Gasteiger partial charge in [-0.3, -0.25) is 0 Å². The summed E-state index contributed by atoms with van der Waals surface area (Å²) in [7, 11) is 0. The van der Waals surface area contributed by atoms with Crippen molar-refractivity contribution >= 4 is 23.5 Å². The first-order chi connectivity index (χ1) is 9.74. The second-order valence-electron chi connectivity index (χ2n) is 4.84. The molecule has 0 atom stereocenters. The number of halogens is 1. The minimum Gasteiger partial charge on any atom is -0.402 e. The maximum atomic E-state index is 11.9. The number of aliphatic imine (C=N–C) groups is 1. The molecule has 2 aliphatic rings. The molecule has 0 fully saturated rings. The Labute approximate surface area is 122 Å². The lowest BCUT2D eigenvalue weighted by molar-refractivity contribution is -0.130. The fourth-order valence-corrected chi connectivity index (χ4v) is 2.60. The second-order valence-corrected chi connectivity index (χ2v) is 5.30. The van der Waals surface area contributed by atoms with Crippen molar-refractivity contribution in [3.05, 3.63) is 58.3 Å². The van der Waals surface area contributed by atoms with Crippen molar-refractivity contribution in [2.75, 3.05) is 0 Å². The first kappa shape index (κ1) is 13.1. The standard InChI is InChI=1S/C16H14ClNO2/c17-13-9-5-4-8-12(13)10-14-16(19)20-15(18-14)11-6-2-1-3-7-11/h1-3,6-7,10H,4-5,8-9H2/b14-10-. The third-order valence-corrected chi connectivity index (χ3v) is 3.82. The van der Waals surface area contributed by atoms with Gasteiger partial charge >= 0.3 is 5.97 Å². The van der Waals surface area contributed by atoms with E-state index in [1.54, 1.807) is 6.08 Å². The average molecular weight is 288 g/mol. The van der Waals surface area contributed by atoms with Gasteiger partial charge in [-0.05, 0) is 49.5 Å². The molecule has 1 aromatic rings. The van der Waals surface area contributed by atoms with Crippen molar-refractivity contribution in [2.24, 2.45) is 4.99 Å². The summed E-state index contributed by atoms with van der Waals surface area (Å²) in [5.74, 6) is -0.0548. The summed E-state index contributed by atoms with van der Waals surface area (Å²) < 4.78 is 5.21. The molecule has 0 saturated heterocycles. The number of benzene rings is 1. The monoisotopic (exact) mass is 287 g/mol. The van der Waals surface area contributed by atoms with Crippen LogP contribution in [0.3, 0.4) is 0 Å². The van der Waals surface area contributed by atoms with Crippen molar-refractivity contribution in [3.8, 4) is 0 Å². The van der Waals surface area contributed by atoms with Crippen molar-refractivity contribution in [1.29, 1.82) is 0 Å². The SMILES string of the molecule is O=C1OC(c2ccccc2)=N/C1=C\C1=C(Cl)CCCC1. The molecule has 0 unspecified atom stereocenters. The number of esters is 1. The molecule has 102 valence electrons. The Balaban J connectivity index is 1.91. The molecule has 0 bridgehead atoms. The summed E-state index contributed by atoms with van der Waals surface area (Å²) in [6, 6.07) is 9.40. The molecule has 0 aromatic heterocycles. The molecule has 4 heteroatoms. The Hall–Kier alpha value is -1.87. The van der Waals surface area contributed by atoms with Crippen molar-refractivity contribution in [3.63, 3.8) is 0 Å². The van der Waals surface area contributed by atoms with E-state index >= 15 is 0 Å². The lowest BCUT2D eigenvalue weighted by atomic mass is 9.98. The molecular weight excluding hydrogens is 274 g/mol. The summed E-state index contributed by atoms with van der Waals surface area (Å²) in [6.07, 6.45) is 5.74. The van der Waals surface area contributed by atoms with Crippen LogP contribution in [0.25, 0.3) is 0 Å². The average Bonchev–Trinajstić information content (AvgIpc) is 2.84. The second kappa shape index (κ2) is 5.63. The van der Waals surface area contributed by atoms with Gasteiger partial charge in [-0.1, -0.05) is 29.8 Å². The highest BCUT2D eigenvalue weighted by atomic mass is 35.5. The Bertz CT molecular complexity index is 629. The summed E-state index contributed by atoms with van der Waals surface area (Å²) in [5, 5.41) is 0.833. The smallest absolute Gasteiger partial charge is 0.363 e. The van der Waals surface area contributed by atoms with Gasteiger partial charge < -0.3 is 4.74 Å². The van der Waals surface area contributed by atoms with Crippen LogP contribution >= 0.6 is 11.6 Å². The van der Waals surface area contributed by atoms with Crippen LogP contribution in [0.2, 0.25) is 0 Å². The molecule has 0 spiro atoms. The minimum atomic E-state index is -0.411. The number of carbonyl (C=O) groups is 1. The van der Waals surface area contributed by atoms with Gasteiger partial charge in [0, 0.05) is 10.6 Å². The molecule has 0 radical (unpaired) electrons.